The first-order valence-electron chi connectivity index (χ1n) is 14.2. The fraction of sp³-hybridized carbons (Fsp3) is 0.581. The van der Waals surface area contributed by atoms with E-state index in [1.165, 1.54) is 16.8 Å². The van der Waals surface area contributed by atoms with E-state index >= 15 is 0 Å². The van der Waals surface area contributed by atoms with Crippen molar-refractivity contribution >= 4 is 11.5 Å². The molecule has 1 N–H and O–H groups in total. The highest BCUT2D eigenvalue weighted by Crippen LogP contribution is 2.43. The van der Waals surface area contributed by atoms with Crippen molar-refractivity contribution in [3.63, 3.8) is 0 Å². The molecule has 1 aromatic rings. The van der Waals surface area contributed by atoms with Gasteiger partial charge in [-0.1, -0.05) is 38.5 Å². The van der Waals surface area contributed by atoms with Gasteiger partial charge in [0.15, 0.2) is 0 Å². The first-order chi connectivity index (χ1) is 17.9. The zero-order chi connectivity index (χ0) is 26.0. The molecule has 4 aliphatic rings. The summed E-state index contributed by atoms with van der Waals surface area (Å²) in [4.78, 5) is 12.2. The Morgan fingerprint density at radius 2 is 1.92 bits per heavy atom. The quantitative estimate of drug-likeness (QED) is 0.573. The van der Waals surface area contributed by atoms with Crippen LogP contribution in [0.15, 0.2) is 47.2 Å². The number of hydrogen-bond donors (Lipinski definition) is 1. The molecule has 1 aliphatic carbocycles. The number of nitrogens with one attached hydrogen (secondary N) is 1. The van der Waals surface area contributed by atoms with E-state index in [9.17, 15) is 5.26 Å². The van der Waals surface area contributed by atoms with Crippen LogP contribution < -0.4 is 0 Å². The lowest BCUT2D eigenvalue weighted by Gasteiger charge is -2.36. The van der Waals surface area contributed by atoms with Gasteiger partial charge in [0.2, 0.25) is 0 Å². The Bertz CT molecular complexity index is 1140. The molecule has 1 unspecified atom stereocenters. The molecule has 0 radical (unpaired) electrons. The van der Waals surface area contributed by atoms with E-state index < -0.39 is 0 Å². The van der Waals surface area contributed by atoms with Crippen LogP contribution in [-0.4, -0.2) is 66.0 Å². The summed E-state index contributed by atoms with van der Waals surface area (Å²) in [5.41, 5.74) is 6.95. The second-order valence-electron chi connectivity index (χ2n) is 11.6. The summed E-state index contributed by atoms with van der Waals surface area (Å²) in [7, 11) is 2.19. The molecule has 5 rings (SSSR count). The van der Waals surface area contributed by atoms with Crippen LogP contribution >= 0.6 is 0 Å². The van der Waals surface area contributed by atoms with Gasteiger partial charge in [0.1, 0.15) is 5.84 Å². The highest BCUT2D eigenvalue weighted by atomic mass is 15.3. The molecule has 0 bridgehead atoms. The van der Waals surface area contributed by atoms with Crippen molar-refractivity contribution in [3.05, 3.63) is 58.9 Å². The van der Waals surface area contributed by atoms with Crippen molar-refractivity contribution in [1.29, 1.82) is 10.7 Å². The lowest BCUT2D eigenvalue weighted by molar-refractivity contribution is 0.180. The van der Waals surface area contributed by atoms with Crippen molar-refractivity contribution in [2.45, 2.75) is 64.8 Å². The summed E-state index contributed by atoms with van der Waals surface area (Å²) < 4.78 is 0. The maximum Gasteiger partial charge on any atom is 0.124 e. The predicted molar refractivity (Wildman–Crippen MR) is 151 cm³/mol. The summed E-state index contributed by atoms with van der Waals surface area (Å²) in [6.45, 7) is 12.6. The van der Waals surface area contributed by atoms with E-state index in [4.69, 9.17) is 10.4 Å². The first-order valence-corrected chi connectivity index (χ1v) is 14.2. The van der Waals surface area contributed by atoms with Crippen LogP contribution in [0.25, 0.3) is 0 Å². The highest BCUT2D eigenvalue weighted by Gasteiger charge is 2.35. The second kappa shape index (κ2) is 10.8. The molecule has 0 spiro atoms. The van der Waals surface area contributed by atoms with Gasteiger partial charge in [-0.3, -0.25) is 5.41 Å². The molecule has 1 saturated heterocycles. The summed E-state index contributed by atoms with van der Waals surface area (Å²) in [6, 6.07) is 9.38. The molecule has 2 fully saturated rings. The Kier molecular flexibility index (Phi) is 7.53. The van der Waals surface area contributed by atoms with Gasteiger partial charge >= 0.3 is 0 Å². The van der Waals surface area contributed by atoms with Gasteiger partial charge < -0.3 is 14.7 Å². The summed E-state index contributed by atoms with van der Waals surface area (Å²) in [6.07, 6.45) is 10.2. The van der Waals surface area contributed by atoms with Gasteiger partial charge in [-0.05, 0) is 62.4 Å². The molecule has 1 aromatic carbocycles. The van der Waals surface area contributed by atoms with Crippen LogP contribution in [0.3, 0.4) is 0 Å². The number of hydrogen-bond acceptors (Lipinski definition) is 5. The molecule has 0 aromatic heterocycles. The van der Waals surface area contributed by atoms with Gasteiger partial charge in [0, 0.05) is 68.6 Å². The molecule has 3 aliphatic heterocycles. The van der Waals surface area contributed by atoms with Crippen LogP contribution in [0, 0.1) is 28.1 Å². The molecule has 1 saturated carbocycles. The van der Waals surface area contributed by atoms with Crippen LogP contribution in [0.5, 0.6) is 0 Å². The van der Waals surface area contributed by atoms with E-state index in [-0.39, 0.29) is 11.3 Å². The molecule has 1 atom stereocenters. The third-order valence-corrected chi connectivity index (χ3v) is 9.09. The van der Waals surface area contributed by atoms with Gasteiger partial charge in [-0.25, -0.2) is 4.99 Å². The third kappa shape index (κ3) is 5.52. The maximum atomic E-state index is 9.86. The molecule has 0 amide bonds. The summed E-state index contributed by atoms with van der Waals surface area (Å²) >= 11 is 0. The molecule has 6 heteroatoms. The third-order valence-electron chi connectivity index (χ3n) is 9.09. The molecular formula is C31H42N6. The molecule has 3 heterocycles. The average Bonchev–Trinajstić information content (AvgIpc) is 3.31. The van der Waals surface area contributed by atoms with Crippen molar-refractivity contribution in [2.75, 3.05) is 39.8 Å². The zero-order valence-electron chi connectivity index (χ0n) is 22.7. The number of nitrogens with zero attached hydrogens (tertiary/aromatic N) is 5. The number of likely N-dealkylation sites (N-methyl/N-ethyl adjacent to an activating group) is 1. The highest BCUT2D eigenvalue weighted by molar-refractivity contribution is 6.14. The van der Waals surface area contributed by atoms with Crippen LogP contribution in [0.2, 0.25) is 0 Å². The Morgan fingerprint density at radius 1 is 1.16 bits per heavy atom. The maximum absolute atomic E-state index is 9.86. The monoisotopic (exact) mass is 498 g/mol. The number of benzene rings is 1. The SMILES string of the molecule is C=C(CC1(C#N)CCCC1)N1CCc2ccc(C3=NC(=N)C(CC)CC(N4CCN(C)CC4)=C3)cc2C1. The fourth-order valence-electron chi connectivity index (χ4n) is 6.49. The second-order valence-corrected chi connectivity index (χ2v) is 11.6. The number of aliphatic imine (C=N–C) groups is 1. The molecule has 37 heavy (non-hydrogen) atoms. The van der Waals surface area contributed by atoms with Crippen LogP contribution in [-0.2, 0) is 13.0 Å². The van der Waals surface area contributed by atoms with E-state index in [1.54, 1.807) is 0 Å². The lowest BCUT2D eigenvalue weighted by Crippen LogP contribution is -2.44. The Morgan fingerprint density at radius 3 is 2.62 bits per heavy atom. The van der Waals surface area contributed by atoms with Crippen molar-refractivity contribution in [1.82, 2.24) is 14.7 Å². The minimum atomic E-state index is -0.213. The van der Waals surface area contributed by atoms with Crippen LogP contribution in [0.1, 0.15) is 68.6 Å². The number of piperazine rings is 1. The van der Waals surface area contributed by atoms with E-state index in [1.807, 2.05) is 0 Å². The summed E-state index contributed by atoms with van der Waals surface area (Å²) in [5, 5.41) is 18.6. The Balaban J connectivity index is 1.38. The summed E-state index contributed by atoms with van der Waals surface area (Å²) in [5.74, 6) is 0.673. The molecule has 196 valence electrons. The number of rotatable bonds is 6. The fourth-order valence-corrected chi connectivity index (χ4v) is 6.49. The predicted octanol–water partition coefficient (Wildman–Crippen LogP) is 5.36. The largest absolute Gasteiger partial charge is 0.372 e. The Labute approximate surface area is 222 Å². The van der Waals surface area contributed by atoms with E-state index in [0.29, 0.717) is 5.84 Å². The zero-order valence-corrected chi connectivity index (χ0v) is 22.7. The van der Waals surface area contributed by atoms with Crippen molar-refractivity contribution < 1.29 is 0 Å². The number of fused-ring (bicyclic) bond motifs is 1. The topological polar surface area (TPSA) is 69.7 Å². The molecular weight excluding hydrogens is 456 g/mol. The van der Waals surface area contributed by atoms with Gasteiger partial charge in [0.05, 0.1) is 17.2 Å². The number of amidine groups is 1. The normalized spacial score (nSPS) is 24.1. The molecule has 6 nitrogen and oxygen atoms in total. The van der Waals surface area contributed by atoms with Crippen LogP contribution in [0.4, 0.5) is 0 Å². The first kappa shape index (κ1) is 25.7. The lowest BCUT2D eigenvalue weighted by atomic mass is 9.82. The van der Waals surface area contributed by atoms with Gasteiger partial charge in [0.25, 0.3) is 0 Å². The van der Waals surface area contributed by atoms with E-state index in [2.05, 4.69) is 65.6 Å². The van der Waals surface area contributed by atoms with E-state index in [0.717, 1.165) is 108 Å². The Hall–Kier alpha value is -2.91. The number of allylic oxidation sites excluding steroid dienone is 3. The minimum absolute atomic E-state index is 0.169. The van der Waals surface area contributed by atoms with Gasteiger partial charge in [-0.15, -0.1) is 0 Å². The van der Waals surface area contributed by atoms with Crippen molar-refractivity contribution in [2.24, 2.45) is 16.3 Å². The average molecular weight is 499 g/mol. The number of nitriles is 1. The van der Waals surface area contributed by atoms with Crippen molar-refractivity contribution in [3.8, 4) is 6.07 Å². The van der Waals surface area contributed by atoms with Gasteiger partial charge in [-0.2, -0.15) is 5.26 Å². The smallest absolute Gasteiger partial charge is 0.124 e. The standard InChI is InChI=1S/C31H42N6/c1-4-24-18-28(36-15-13-35(3)14-16-36)19-29(34-30(24)33)26-8-7-25-9-12-37(21-27(25)17-26)23(2)20-31(22-32)10-5-6-11-31/h7-8,17,19,24,33H,2,4-6,9-16,18,20-21H2,1,3H3. The minimum Gasteiger partial charge on any atom is -0.372 e.